The molecule has 3 rings (SSSR count). The van der Waals surface area contributed by atoms with Gasteiger partial charge in [0.15, 0.2) is 0 Å². The second kappa shape index (κ2) is 8.60. The number of carbonyl (C=O) groups is 1. The number of rotatable bonds is 7. The smallest absolute Gasteiger partial charge is 0.495 e. The molecule has 11 heteroatoms. The van der Waals surface area contributed by atoms with Gasteiger partial charge >= 0.3 is 5.51 Å². The van der Waals surface area contributed by atoms with Crippen molar-refractivity contribution in [3.05, 3.63) is 47.5 Å². The fraction of sp³-hybridized carbons (Fsp3) is 0.263. The fourth-order valence-corrected chi connectivity index (χ4v) is 4.52. The highest BCUT2D eigenvalue weighted by atomic mass is 32.2. The van der Waals surface area contributed by atoms with Crippen LogP contribution >= 0.6 is 11.3 Å². The zero-order chi connectivity index (χ0) is 21.9. The molecular formula is C19H17F3N2O4S2. The molecule has 1 aromatic heterocycles. The number of alkyl halides is 3. The van der Waals surface area contributed by atoms with Gasteiger partial charge in [0.05, 0.1) is 32.9 Å². The molecule has 0 unspecified atom stereocenters. The maximum atomic E-state index is 12.8. The number of sulfone groups is 1. The molecular weight excluding hydrogens is 441 g/mol. The summed E-state index contributed by atoms with van der Waals surface area (Å²) in [6.45, 7) is 0. The summed E-state index contributed by atoms with van der Waals surface area (Å²) in [5.41, 5.74) is -4.71. The summed E-state index contributed by atoms with van der Waals surface area (Å²) in [7, 11) is -4.28. The van der Waals surface area contributed by atoms with E-state index in [0.717, 1.165) is 33.4 Å². The summed E-state index contributed by atoms with van der Waals surface area (Å²) < 4.78 is 67.6. The van der Waals surface area contributed by atoms with Crippen LogP contribution in [0.25, 0.3) is 10.2 Å². The van der Waals surface area contributed by atoms with Crippen LogP contribution in [0.2, 0.25) is 0 Å². The molecule has 0 aliphatic carbocycles. The number of methoxy groups -OCH3 is 1. The monoisotopic (exact) mass is 458 g/mol. The Morgan fingerprint density at radius 2 is 1.93 bits per heavy atom. The molecule has 0 fully saturated rings. The van der Waals surface area contributed by atoms with E-state index >= 15 is 0 Å². The van der Waals surface area contributed by atoms with E-state index in [4.69, 9.17) is 4.74 Å². The van der Waals surface area contributed by atoms with Gasteiger partial charge in [0.25, 0.3) is 9.84 Å². The Morgan fingerprint density at radius 1 is 1.20 bits per heavy atom. The molecule has 1 N–H and O–H groups in total. The van der Waals surface area contributed by atoms with Crippen molar-refractivity contribution in [2.24, 2.45) is 0 Å². The summed E-state index contributed by atoms with van der Waals surface area (Å²) in [6.07, 6.45) is 1.11. The van der Waals surface area contributed by atoms with E-state index in [2.05, 4.69) is 10.3 Å². The van der Waals surface area contributed by atoms with Gasteiger partial charge in [-0.1, -0.05) is 12.1 Å². The van der Waals surface area contributed by atoms with Gasteiger partial charge in [-0.3, -0.25) is 4.79 Å². The molecule has 2 aromatic carbocycles. The van der Waals surface area contributed by atoms with Crippen molar-refractivity contribution >= 4 is 43.0 Å². The van der Waals surface area contributed by atoms with E-state index < -0.39 is 26.1 Å². The second-order valence-electron chi connectivity index (χ2n) is 6.29. The number of ether oxygens (including phenoxy) is 1. The minimum atomic E-state index is -5.54. The fourth-order valence-electron chi connectivity index (χ4n) is 2.73. The third-order valence-corrected chi connectivity index (χ3v) is 6.77. The minimum Gasteiger partial charge on any atom is -0.495 e. The van der Waals surface area contributed by atoms with Crippen molar-refractivity contribution in [3.8, 4) is 5.75 Å². The lowest BCUT2D eigenvalue weighted by Gasteiger charge is -2.13. The summed E-state index contributed by atoms with van der Waals surface area (Å²) in [5, 5.41) is 3.30. The van der Waals surface area contributed by atoms with E-state index in [1.54, 1.807) is 0 Å². The molecule has 30 heavy (non-hydrogen) atoms. The van der Waals surface area contributed by atoms with Crippen LogP contribution < -0.4 is 10.1 Å². The average Bonchev–Trinajstić information content (AvgIpc) is 3.09. The number of anilines is 1. The van der Waals surface area contributed by atoms with Gasteiger partial charge in [0.2, 0.25) is 5.91 Å². The predicted molar refractivity (Wildman–Crippen MR) is 107 cm³/mol. The van der Waals surface area contributed by atoms with Gasteiger partial charge < -0.3 is 10.1 Å². The van der Waals surface area contributed by atoms with Crippen LogP contribution in [0.3, 0.4) is 0 Å². The lowest BCUT2D eigenvalue weighted by molar-refractivity contribution is -0.116. The van der Waals surface area contributed by atoms with Crippen molar-refractivity contribution < 1.29 is 31.1 Å². The number of nitrogens with zero attached hydrogens (tertiary/aromatic N) is 1. The zero-order valence-electron chi connectivity index (χ0n) is 15.7. The van der Waals surface area contributed by atoms with Crippen molar-refractivity contribution in [1.29, 1.82) is 0 Å². The van der Waals surface area contributed by atoms with E-state index in [9.17, 15) is 26.4 Å². The SMILES string of the molecule is COc1ccc(S(=O)(=O)C(F)(F)F)cc1NC(=O)CCCc1nc2ccccc2s1. The maximum Gasteiger partial charge on any atom is 0.501 e. The minimum absolute atomic E-state index is 0.0515. The molecule has 160 valence electrons. The normalized spacial score (nSPS) is 12.1. The van der Waals surface area contributed by atoms with E-state index in [-0.39, 0.29) is 17.9 Å². The molecule has 3 aromatic rings. The number of benzene rings is 2. The number of hydrogen-bond acceptors (Lipinski definition) is 6. The topological polar surface area (TPSA) is 85.4 Å². The van der Waals surface area contributed by atoms with Crippen molar-refractivity contribution in [3.63, 3.8) is 0 Å². The zero-order valence-corrected chi connectivity index (χ0v) is 17.3. The number of hydrogen-bond donors (Lipinski definition) is 1. The lowest BCUT2D eigenvalue weighted by Crippen LogP contribution is -2.23. The molecule has 0 bridgehead atoms. The Labute approximate surface area is 174 Å². The van der Waals surface area contributed by atoms with Crippen LogP contribution in [-0.2, 0) is 21.1 Å². The highest BCUT2D eigenvalue weighted by Gasteiger charge is 2.47. The number of amides is 1. The lowest BCUT2D eigenvalue weighted by atomic mass is 10.2. The summed E-state index contributed by atoms with van der Waals surface area (Å²) in [6, 6.07) is 10.2. The molecule has 1 amide bonds. The molecule has 0 spiro atoms. The first-order chi connectivity index (χ1) is 14.1. The van der Waals surface area contributed by atoms with Crippen LogP contribution in [0.4, 0.5) is 18.9 Å². The third kappa shape index (κ3) is 4.73. The third-order valence-electron chi connectivity index (χ3n) is 4.19. The molecule has 0 aliphatic heterocycles. The first kappa shape index (κ1) is 22.0. The maximum absolute atomic E-state index is 12.8. The quantitative estimate of drug-likeness (QED) is 0.561. The number of aromatic nitrogens is 1. The van der Waals surface area contributed by atoms with Crippen LogP contribution in [0.1, 0.15) is 17.8 Å². The molecule has 0 radical (unpaired) electrons. The Morgan fingerprint density at radius 3 is 2.60 bits per heavy atom. The van der Waals surface area contributed by atoms with Gasteiger partial charge in [0.1, 0.15) is 5.75 Å². The van der Waals surface area contributed by atoms with Crippen LogP contribution in [0.15, 0.2) is 47.4 Å². The van der Waals surface area contributed by atoms with Crippen molar-refractivity contribution in [2.75, 3.05) is 12.4 Å². The van der Waals surface area contributed by atoms with Gasteiger partial charge in [-0.15, -0.1) is 11.3 Å². The van der Waals surface area contributed by atoms with Crippen molar-refractivity contribution in [1.82, 2.24) is 4.98 Å². The average molecular weight is 458 g/mol. The number of halogens is 3. The number of aryl methyl sites for hydroxylation is 1. The largest absolute Gasteiger partial charge is 0.501 e. The summed E-state index contributed by atoms with van der Waals surface area (Å²) in [4.78, 5) is 15.7. The number of fused-ring (bicyclic) bond motifs is 1. The number of thiazole rings is 1. The van der Waals surface area contributed by atoms with Crippen LogP contribution in [0.5, 0.6) is 5.75 Å². The summed E-state index contributed by atoms with van der Waals surface area (Å²) in [5.74, 6) is -0.424. The first-order valence-electron chi connectivity index (χ1n) is 8.75. The number of carbonyl (C=O) groups excluding carboxylic acids is 1. The highest BCUT2D eigenvalue weighted by molar-refractivity contribution is 7.92. The van der Waals surface area contributed by atoms with E-state index in [1.807, 2.05) is 24.3 Å². The van der Waals surface area contributed by atoms with Gasteiger partial charge in [0, 0.05) is 6.42 Å². The molecule has 0 atom stereocenters. The van der Waals surface area contributed by atoms with Crippen molar-refractivity contribution in [2.45, 2.75) is 29.7 Å². The highest BCUT2D eigenvalue weighted by Crippen LogP contribution is 2.34. The van der Waals surface area contributed by atoms with Gasteiger partial charge in [-0.25, -0.2) is 13.4 Å². The predicted octanol–water partition coefficient (Wildman–Crippen LogP) is 4.56. The Hall–Kier alpha value is -2.66. The molecule has 0 saturated carbocycles. The van der Waals surface area contributed by atoms with Gasteiger partial charge in [-0.2, -0.15) is 13.2 Å². The Balaban J connectivity index is 1.67. The molecule has 0 saturated heterocycles. The van der Waals surface area contributed by atoms with E-state index in [1.165, 1.54) is 18.4 Å². The van der Waals surface area contributed by atoms with Crippen LogP contribution in [0, 0.1) is 0 Å². The standard InChI is InChI=1S/C19H17F3N2O4S2/c1-28-15-10-9-12(30(26,27)19(20,21)22)11-14(15)23-17(25)7-4-8-18-24-13-5-2-3-6-16(13)29-18/h2-3,5-6,9-11H,4,7-8H2,1H3,(H,23,25). The number of nitrogens with one attached hydrogen (secondary N) is 1. The molecule has 6 nitrogen and oxygen atoms in total. The molecule has 1 heterocycles. The Bertz CT molecular complexity index is 1140. The van der Waals surface area contributed by atoms with E-state index in [0.29, 0.717) is 12.8 Å². The van der Waals surface area contributed by atoms with Crippen LogP contribution in [-0.4, -0.2) is 31.9 Å². The first-order valence-corrected chi connectivity index (χ1v) is 11.1. The number of para-hydroxylation sites is 1. The summed E-state index contributed by atoms with van der Waals surface area (Å²) >= 11 is 1.53. The van der Waals surface area contributed by atoms with Gasteiger partial charge in [-0.05, 0) is 43.2 Å². The second-order valence-corrected chi connectivity index (χ2v) is 9.34. The Kier molecular flexibility index (Phi) is 6.32. The molecule has 0 aliphatic rings.